The number of benzene rings is 1. The number of allylic oxidation sites excluding steroid dienone is 1. The van der Waals surface area contributed by atoms with E-state index >= 15 is 0 Å². The van der Waals surface area contributed by atoms with Crippen LogP contribution in [0, 0.1) is 11.3 Å². The molecule has 4 rings (SSSR count). The standard InChI is InChI=1S/C21H20N6OS/c1-27-13-23-11-19(27)20(28)24-10-17(15-5-3-6-15)25-21-26-18(12-29-21)16-7-2-4-14(8-16)9-22/h2,4,7-8,11-13H,3,5-6,10H2,1H3,(H,24,28)(H,25,26). The van der Waals surface area contributed by atoms with Crippen molar-refractivity contribution in [3.05, 3.63) is 64.7 Å². The zero-order valence-corrected chi connectivity index (χ0v) is 16.8. The van der Waals surface area contributed by atoms with Gasteiger partial charge in [-0.15, -0.1) is 11.3 Å². The molecule has 0 aliphatic heterocycles. The number of nitrogens with one attached hydrogen (secondary N) is 2. The van der Waals surface area contributed by atoms with Crippen LogP contribution in [0.1, 0.15) is 35.3 Å². The van der Waals surface area contributed by atoms with Gasteiger partial charge in [0.1, 0.15) is 5.69 Å². The fourth-order valence-corrected chi connectivity index (χ4v) is 3.83. The third kappa shape index (κ3) is 4.20. The maximum absolute atomic E-state index is 12.4. The first kappa shape index (κ1) is 18.9. The lowest BCUT2D eigenvalue weighted by atomic mass is 9.90. The van der Waals surface area contributed by atoms with Crippen LogP contribution in [-0.2, 0) is 7.05 Å². The smallest absolute Gasteiger partial charge is 0.269 e. The lowest BCUT2D eigenvalue weighted by Crippen LogP contribution is -2.30. The third-order valence-corrected chi connectivity index (χ3v) is 5.67. The van der Waals surface area contributed by atoms with Gasteiger partial charge >= 0.3 is 0 Å². The van der Waals surface area contributed by atoms with Gasteiger partial charge in [0.15, 0.2) is 5.13 Å². The zero-order valence-electron chi connectivity index (χ0n) is 16.0. The van der Waals surface area contributed by atoms with Gasteiger partial charge in [-0.3, -0.25) is 4.79 Å². The first-order valence-electron chi connectivity index (χ1n) is 9.32. The highest BCUT2D eigenvalue weighted by Gasteiger charge is 2.18. The summed E-state index contributed by atoms with van der Waals surface area (Å²) in [7, 11) is 1.80. The Kier molecular flexibility index (Phi) is 5.40. The molecule has 2 heterocycles. The Hall–Kier alpha value is -3.44. The fourth-order valence-electron chi connectivity index (χ4n) is 3.09. The third-order valence-electron chi connectivity index (χ3n) is 4.91. The Balaban J connectivity index is 1.47. The number of rotatable bonds is 6. The van der Waals surface area contributed by atoms with Crippen LogP contribution < -0.4 is 10.6 Å². The van der Waals surface area contributed by atoms with E-state index in [4.69, 9.17) is 5.26 Å². The van der Waals surface area contributed by atoms with Gasteiger partial charge in [0.2, 0.25) is 0 Å². The maximum atomic E-state index is 12.4. The second kappa shape index (κ2) is 8.29. The van der Waals surface area contributed by atoms with E-state index in [9.17, 15) is 4.79 Å². The average molecular weight is 404 g/mol. The minimum atomic E-state index is -0.155. The topological polar surface area (TPSA) is 95.6 Å². The predicted octanol–water partition coefficient (Wildman–Crippen LogP) is 3.70. The molecule has 1 fully saturated rings. The molecule has 8 heteroatoms. The van der Waals surface area contributed by atoms with Crippen LogP contribution in [0.4, 0.5) is 5.13 Å². The summed E-state index contributed by atoms with van der Waals surface area (Å²) in [5.74, 6) is -0.155. The van der Waals surface area contributed by atoms with Crippen molar-refractivity contribution >= 4 is 22.4 Å². The Morgan fingerprint density at radius 3 is 2.93 bits per heavy atom. The lowest BCUT2D eigenvalue weighted by Gasteiger charge is -2.23. The molecular formula is C21H20N6OS. The molecule has 1 saturated carbocycles. The minimum Gasteiger partial charge on any atom is -0.345 e. The lowest BCUT2D eigenvalue weighted by molar-refractivity contribution is 0.0949. The number of carbonyl (C=O) groups excluding carboxylic acids is 1. The molecule has 3 aromatic rings. The van der Waals surface area contributed by atoms with Gasteiger partial charge in [-0.1, -0.05) is 12.1 Å². The van der Waals surface area contributed by atoms with Crippen LogP contribution in [0.5, 0.6) is 0 Å². The highest BCUT2D eigenvalue weighted by Crippen LogP contribution is 2.31. The fraction of sp³-hybridized carbons (Fsp3) is 0.238. The van der Waals surface area contributed by atoms with Crippen molar-refractivity contribution in [1.29, 1.82) is 5.26 Å². The van der Waals surface area contributed by atoms with Crippen molar-refractivity contribution in [2.45, 2.75) is 19.3 Å². The van der Waals surface area contributed by atoms with Crippen molar-refractivity contribution in [3.63, 3.8) is 0 Å². The number of carbonyl (C=O) groups is 1. The number of imidazole rings is 1. The minimum absolute atomic E-state index is 0.155. The molecule has 2 N–H and O–H groups in total. The van der Waals surface area contributed by atoms with Gasteiger partial charge in [0.25, 0.3) is 5.91 Å². The average Bonchev–Trinajstić information content (AvgIpc) is 3.33. The first-order chi connectivity index (χ1) is 14.1. The number of hydrogen-bond donors (Lipinski definition) is 2. The van der Waals surface area contributed by atoms with Crippen LogP contribution in [0.25, 0.3) is 11.3 Å². The number of thiazole rings is 1. The first-order valence-corrected chi connectivity index (χ1v) is 10.2. The second-order valence-corrected chi connectivity index (χ2v) is 7.72. The van der Waals surface area contributed by atoms with Gasteiger partial charge in [0, 0.05) is 23.7 Å². The number of hydrogen-bond acceptors (Lipinski definition) is 6. The molecule has 0 spiro atoms. The van der Waals surface area contributed by atoms with E-state index in [1.54, 1.807) is 30.2 Å². The number of nitrogens with zero attached hydrogens (tertiary/aromatic N) is 4. The Labute approximate surface area is 172 Å². The van der Waals surface area contributed by atoms with Crippen LogP contribution in [0.15, 0.2) is 53.4 Å². The Bertz CT molecular complexity index is 1110. The highest BCUT2D eigenvalue weighted by molar-refractivity contribution is 7.14. The second-order valence-electron chi connectivity index (χ2n) is 6.86. The van der Waals surface area contributed by atoms with Gasteiger partial charge in [-0.25, -0.2) is 9.97 Å². The molecular weight excluding hydrogens is 384 g/mol. The van der Waals surface area contributed by atoms with Gasteiger partial charge in [-0.2, -0.15) is 5.26 Å². The zero-order chi connectivity index (χ0) is 20.2. The molecule has 1 aromatic carbocycles. The summed E-state index contributed by atoms with van der Waals surface area (Å²) >= 11 is 1.51. The summed E-state index contributed by atoms with van der Waals surface area (Å²) in [6.07, 6.45) is 6.40. The van der Waals surface area contributed by atoms with E-state index in [2.05, 4.69) is 26.7 Å². The van der Waals surface area contributed by atoms with E-state index in [1.165, 1.54) is 23.3 Å². The number of anilines is 1. The summed E-state index contributed by atoms with van der Waals surface area (Å²) in [4.78, 5) is 21.1. The predicted molar refractivity (Wildman–Crippen MR) is 112 cm³/mol. The van der Waals surface area contributed by atoms with E-state index in [0.29, 0.717) is 17.8 Å². The van der Waals surface area contributed by atoms with E-state index in [-0.39, 0.29) is 5.91 Å². The molecule has 1 aliphatic rings. The monoisotopic (exact) mass is 404 g/mol. The SMILES string of the molecule is Cn1cncc1C(=O)NCC(Nc1nc(-c2cccc(C#N)c2)cs1)=C1CCC1. The van der Waals surface area contributed by atoms with Crippen molar-refractivity contribution in [2.75, 3.05) is 11.9 Å². The summed E-state index contributed by atoms with van der Waals surface area (Å²) < 4.78 is 1.70. The molecule has 1 amide bonds. The summed E-state index contributed by atoms with van der Waals surface area (Å²) in [6.45, 7) is 0.415. The number of aromatic nitrogens is 3. The van der Waals surface area contributed by atoms with Crippen LogP contribution in [0.2, 0.25) is 0 Å². The van der Waals surface area contributed by atoms with Gasteiger partial charge in [0.05, 0.1) is 36.4 Å². The summed E-state index contributed by atoms with van der Waals surface area (Å²) in [6, 6.07) is 9.56. The largest absolute Gasteiger partial charge is 0.345 e. The summed E-state index contributed by atoms with van der Waals surface area (Å²) in [5.41, 5.74) is 5.19. The highest BCUT2D eigenvalue weighted by atomic mass is 32.1. The van der Waals surface area contributed by atoms with Crippen LogP contribution in [-0.4, -0.2) is 27.0 Å². The molecule has 0 atom stereocenters. The Morgan fingerprint density at radius 1 is 1.38 bits per heavy atom. The molecule has 29 heavy (non-hydrogen) atoms. The normalized spacial score (nSPS) is 12.8. The maximum Gasteiger partial charge on any atom is 0.269 e. The van der Waals surface area contributed by atoms with Crippen molar-refractivity contribution in [1.82, 2.24) is 19.9 Å². The van der Waals surface area contributed by atoms with Crippen LogP contribution >= 0.6 is 11.3 Å². The molecule has 0 radical (unpaired) electrons. The van der Waals surface area contributed by atoms with Gasteiger partial charge < -0.3 is 15.2 Å². The van der Waals surface area contributed by atoms with Crippen LogP contribution in [0.3, 0.4) is 0 Å². The Morgan fingerprint density at radius 2 is 2.24 bits per heavy atom. The molecule has 1 aliphatic carbocycles. The number of aryl methyl sites for hydroxylation is 1. The molecule has 2 aromatic heterocycles. The number of nitriles is 1. The molecule has 0 unspecified atom stereocenters. The molecule has 146 valence electrons. The van der Waals surface area contributed by atoms with Gasteiger partial charge in [-0.05, 0) is 37.0 Å². The van der Waals surface area contributed by atoms with E-state index < -0.39 is 0 Å². The molecule has 7 nitrogen and oxygen atoms in total. The molecule has 0 bridgehead atoms. The van der Waals surface area contributed by atoms with Crippen molar-refractivity contribution < 1.29 is 4.79 Å². The van der Waals surface area contributed by atoms with Crippen molar-refractivity contribution in [2.24, 2.45) is 7.05 Å². The van der Waals surface area contributed by atoms with E-state index in [1.807, 2.05) is 23.6 Å². The summed E-state index contributed by atoms with van der Waals surface area (Å²) in [5, 5.41) is 18.2. The number of amides is 1. The molecule has 0 saturated heterocycles. The quantitative estimate of drug-likeness (QED) is 0.653. The van der Waals surface area contributed by atoms with Crippen molar-refractivity contribution in [3.8, 4) is 17.3 Å². The van der Waals surface area contributed by atoms with E-state index in [0.717, 1.165) is 34.9 Å².